The molecule has 0 aliphatic heterocycles. The summed E-state index contributed by atoms with van der Waals surface area (Å²) in [7, 11) is 0. The molecule has 0 bridgehead atoms. The summed E-state index contributed by atoms with van der Waals surface area (Å²) in [6.45, 7) is 0.693. The van der Waals surface area contributed by atoms with Crippen LogP contribution in [0.1, 0.15) is 18.4 Å². The molecule has 1 aliphatic carbocycles. The molecule has 0 radical (unpaired) electrons. The Balaban J connectivity index is 2.08. The molecular formula is C12H15ClN2O. The Morgan fingerprint density at radius 1 is 1.50 bits per heavy atom. The first kappa shape index (κ1) is 11.4. The van der Waals surface area contributed by atoms with Crippen LogP contribution in [0.15, 0.2) is 24.3 Å². The lowest BCUT2D eigenvalue weighted by molar-refractivity contribution is -0.130. The van der Waals surface area contributed by atoms with E-state index < -0.39 is 0 Å². The minimum absolute atomic E-state index is 0.0162. The molecule has 2 N–H and O–H groups in total. The summed E-state index contributed by atoms with van der Waals surface area (Å²) in [5, 5.41) is 0.702. The van der Waals surface area contributed by atoms with Gasteiger partial charge in [-0.1, -0.05) is 23.7 Å². The number of rotatable bonds is 4. The second-order valence-corrected chi connectivity index (χ2v) is 4.52. The number of nitrogens with zero attached hydrogens (tertiary/aromatic N) is 1. The molecule has 4 heteroatoms. The standard InChI is InChI=1S/C12H15ClN2O/c13-10-3-1-2-9(6-10)8-15(11-4-5-11)12(16)7-14/h1-3,6,11H,4-5,7-8,14H2. The Labute approximate surface area is 100 Å². The van der Waals surface area contributed by atoms with E-state index in [0.717, 1.165) is 18.4 Å². The minimum atomic E-state index is 0.0162. The first-order valence-corrected chi connectivity index (χ1v) is 5.82. The van der Waals surface area contributed by atoms with Crippen molar-refractivity contribution in [1.82, 2.24) is 4.90 Å². The smallest absolute Gasteiger partial charge is 0.236 e. The highest BCUT2D eigenvalue weighted by Gasteiger charge is 2.31. The van der Waals surface area contributed by atoms with Crippen LogP contribution in [0, 0.1) is 0 Å². The summed E-state index contributed by atoms with van der Waals surface area (Å²) in [4.78, 5) is 13.5. The van der Waals surface area contributed by atoms with Crippen LogP contribution in [-0.2, 0) is 11.3 Å². The molecule has 1 saturated carbocycles. The van der Waals surface area contributed by atoms with Gasteiger partial charge in [0, 0.05) is 17.6 Å². The van der Waals surface area contributed by atoms with Crippen molar-refractivity contribution >= 4 is 17.5 Å². The van der Waals surface area contributed by atoms with Crippen LogP contribution in [-0.4, -0.2) is 23.4 Å². The predicted molar refractivity (Wildman–Crippen MR) is 64.1 cm³/mol. The zero-order chi connectivity index (χ0) is 11.5. The fraction of sp³-hybridized carbons (Fsp3) is 0.417. The van der Waals surface area contributed by atoms with Gasteiger partial charge in [-0.3, -0.25) is 4.79 Å². The quantitative estimate of drug-likeness (QED) is 0.870. The summed E-state index contributed by atoms with van der Waals surface area (Å²) < 4.78 is 0. The third-order valence-corrected chi connectivity index (χ3v) is 2.96. The first-order chi connectivity index (χ1) is 7.70. The van der Waals surface area contributed by atoms with E-state index in [1.807, 2.05) is 29.2 Å². The number of hydrogen-bond donors (Lipinski definition) is 1. The molecule has 0 unspecified atom stereocenters. The summed E-state index contributed by atoms with van der Waals surface area (Å²) in [6.07, 6.45) is 2.18. The van der Waals surface area contributed by atoms with Gasteiger partial charge in [0.15, 0.2) is 0 Å². The third-order valence-electron chi connectivity index (χ3n) is 2.72. The second-order valence-electron chi connectivity index (χ2n) is 4.09. The highest BCUT2D eigenvalue weighted by Crippen LogP contribution is 2.28. The van der Waals surface area contributed by atoms with Crippen LogP contribution in [0.25, 0.3) is 0 Å². The van der Waals surface area contributed by atoms with Gasteiger partial charge in [-0.25, -0.2) is 0 Å². The Kier molecular flexibility index (Phi) is 3.46. The number of carbonyl (C=O) groups excluding carboxylic acids is 1. The van der Waals surface area contributed by atoms with Crippen molar-refractivity contribution in [3.05, 3.63) is 34.9 Å². The number of halogens is 1. The zero-order valence-corrected chi connectivity index (χ0v) is 9.78. The number of benzene rings is 1. The molecule has 0 atom stereocenters. The highest BCUT2D eigenvalue weighted by atomic mass is 35.5. The number of hydrogen-bond acceptors (Lipinski definition) is 2. The van der Waals surface area contributed by atoms with Crippen molar-refractivity contribution in [2.75, 3.05) is 6.54 Å². The van der Waals surface area contributed by atoms with Gasteiger partial charge >= 0.3 is 0 Å². The van der Waals surface area contributed by atoms with Gasteiger partial charge in [-0.15, -0.1) is 0 Å². The van der Waals surface area contributed by atoms with Crippen LogP contribution in [0.5, 0.6) is 0 Å². The van der Waals surface area contributed by atoms with Gasteiger partial charge < -0.3 is 10.6 Å². The molecule has 1 aromatic carbocycles. The molecule has 86 valence electrons. The first-order valence-electron chi connectivity index (χ1n) is 5.44. The summed E-state index contributed by atoms with van der Waals surface area (Å²) in [5.74, 6) is 0.0162. The Bertz CT molecular complexity index is 390. The largest absolute Gasteiger partial charge is 0.334 e. The number of nitrogens with two attached hydrogens (primary N) is 1. The average molecular weight is 239 g/mol. The normalized spacial score (nSPS) is 14.9. The minimum Gasteiger partial charge on any atom is -0.334 e. The van der Waals surface area contributed by atoms with E-state index >= 15 is 0 Å². The maximum Gasteiger partial charge on any atom is 0.236 e. The molecule has 3 nitrogen and oxygen atoms in total. The molecule has 0 heterocycles. The lowest BCUT2D eigenvalue weighted by Gasteiger charge is -2.21. The molecule has 1 aliphatic rings. The van der Waals surface area contributed by atoms with E-state index in [-0.39, 0.29) is 12.5 Å². The van der Waals surface area contributed by atoms with Gasteiger partial charge in [0.1, 0.15) is 0 Å². The Hall–Kier alpha value is -1.06. The predicted octanol–water partition coefficient (Wildman–Crippen LogP) is 1.79. The van der Waals surface area contributed by atoms with E-state index in [4.69, 9.17) is 17.3 Å². The highest BCUT2D eigenvalue weighted by molar-refractivity contribution is 6.30. The summed E-state index contributed by atoms with van der Waals surface area (Å²) >= 11 is 5.91. The van der Waals surface area contributed by atoms with Crippen LogP contribution < -0.4 is 5.73 Å². The maximum absolute atomic E-state index is 11.7. The van der Waals surface area contributed by atoms with Crippen LogP contribution in [0.2, 0.25) is 5.02 Å². The van der Waals surface area contributed by atoms with Gasteiger partial charge in [0.2, 0.25) is 5.91 Å². The average Bonchev–Trinajstić information content (AvgIpc) is 3.09. The molecule has 0 aromatic heterocycles. The van der Waals surface area contributed by atoms with E-state index in [0.29, 0.717) is 17.6 Å². The topological polar surface area (TPSA) is 46.3 Å². The van der Waals surface area contributed by atoms with Crippen LogP contribution >= 0.6 is 11.6 Å². The van der Waals surface area contributed by atoms with E-state index in [9.17, 15) is 4.79 Å². The lowest BCUT2D eigenvalue weighted by Crippen LogP contribution is -2.37. The maximum atomic E-state index is 11.7. The SMILES string of the molecule is NCC(=O)N(Cc1cccc(Cl)c1)C1CC1. The molecule has 16 heavy (non-hydrogen) atoms. The number of carbonyl (C=O) groups is 1. The van der Waals surface area contributed by atoms with Crippen molar-refractivity contribution in [2.24, 2.45) is 5.73 Å². The van der Waals surface area contributed by atoms with Crippen molar-refractivity contribution in [3.8, 4) is 0 Å². The molecule has 0 saturated heterocycles. The van der Waals surface area contributed by atoms with Gasteiger partial charge in [0.05, 0.1) is 6.54 Å². The van der Waals surface area contributed by atoms with Crippen molar-refractivity contribution in [1.29, 1.82) is 0 Å². The van der Waals surface area contributed by atoms with Crippen LogP contribution in [0.4, 0.5) is 0 Å². The molecule has 0 spiro atoms. The zero-order valence-electron chi connectivity index (χ0n) is 9.03. The fourth-order valence-electron chi connectivity index (χ4n) is 1.76. The molecule has 1 fully saturated rings. The van der Waals surface area contributed by atoms with Crippen molar-refractivity contribution < 1.29 is 4.79 Å². The van der Waals surface area contributed by atoms with Crippen molar-refractivity contribution in [2.45, 2.75) is 25.4 Å². The van der Waals surface area contributed by atoms with Crippen molar-refractivity contribution in [3.63, 3.8) is 0 Å². The third kappa shape index (κ3) is 2.74. The Morgan fingerprint density at radius 2 is 2.25 bits per heavy atom. The van der Waals surface area contributed by atoms with Crippen LogP contribution in [0.3, 0.4) is 0 Å². The van der Waals surface area contributed by atoms with E-state index in [1.54, 1.807) is 0 Å². The second kappa shape index (κ2) is 4.85. The van der Waals surface area contributed by atoms with E-state index in [2.05, 4.69) is 0 Å². The molecule has 1 amide bonds. The molecular weight excluding hydrogens is 224 g/mol. The van der Waals surface area contributed by atoms with Gasteiger partial charge in [-0.2, -0.15) is 0 Å². The summed E-state index contributed by atoms with van der Waals surface area (Å²) in [5.41, 5.74) is 6.46. The monoisotopic (exact) mass is 238 g/mol. The van der Waals surface area contributed by atoms with E-state index in [1.165, 1.54) is 0 Å². The van der Waals surface area contributed by atoms with Gasteiger partial charge in [-0.05, 0) is 30.5 Å². The molecule has 1 aromatic rings. The van der Waals surface area contributed by atoms with Gasteiger partial charge in [0.25, 0.3) is 0 Å². The summed E-state index contributed by atoms with van der Waals surface area (Å²) in [6, 6.07) is 7.98. The Morgan fingerprint density at radius 3 is 2.81 bits per heavy atom. The fourth-order valence-corrected chi connectivity index (χ4v) is 1.97. The lowest BCUT2D eigenvalue weighted by atomic mass is 10.2. The number of amides is 1. The molecule has 2 rings (SSSR count).